The van der Waals surface area contributed by atoms with Gasteiger partial charge in [0.25, 0.3) is 0 Å². The first-order valence-electron chi connectivity index (χ1n) is 6.07. The summed E-state index contributed by atoms with van der Waals surface area (Å²) in [5, 5.41) is 0. The van der Waals surface area contributed by atoms with Gasteiger partial charge in [-0.1, -0.05) is 13.3 Å². The molecule has 2 rings (SSSR count). The van der Waals surface area contributed by atoms with Crippen LogP contribution >= 0.6 is 0 Å². The Morgan fingerprint density at radius 3 is 3.00 bits per heavy atom. The molecule has 16 heavy (non-hydrogen) atoms. The number of aromatic nitrogens is 2. The molecule has 0 aromatic carbocycles. The number of hydrogen-bond acceptors (Lipinski definition) is 4. The Kier molecular flexibility index (Phi) is 3.72. The molecule has 2 atom stereocenters. The quantitative estimate of drug-likeness (QED) is 0.837. The van der Waals surface area contributed by atoms with Crippen LogP contribution in [0, 0.1) is 5.92 Å². The fourth-order valence-corrected chi connectivity index (χ4v) is 2.47. The zero-order valence-corrected chi connectivity index (χ0v) is 9.84. The third kappa shape index (κ3) is 2.32. The Labute approximate surface area is 96.9 Å². The summed E-state index contributed by atoms with van der Waals surface area (Å²) in [5.74, 6) is 1.79. The Morgan fingerprint density at radius 2 is 2.38 bits per heavy atom. The summed E-state index contributed by atoms with van der Waals surface area (Å²) in [7, 11) is 0. The number of rotatable bonds is 3. The third-order valence-electron chi connectivity index (χ3n) is 3.52. The van der Waals surface area contributed by atoms with Crippen LogP contribution < -0.4 is 10.6 Å². The maximum Gasteiger partial charge on any atom is 0.147 e. The lowest BCUT2D eigenvalue weighted by Crippen LogP contribution is -2.47. The molecular formula is C12H20N4. The predicted molar refractivity (Wildman–Crippen MR) is 65.2 cm³/mol. The summed E-state index contributed by atoms with van der Waals surface area (Å²) < 4.78 is 0. The van der Waals surface area contributed by atoms with Crippen LogP contribution in [0.2, 0.25) is 0 Å². The standard InChI is InChI=1S/C12H20N4/c1-2-10-3-6-16(11(7-10)8-13)12-9-14-4-5-15-12/h4-5,9-11H,2-3,6-8,13H2,1H3. The number of hydrogen-bond donors (Lipinski definition) is 1. The van der Waals surface area contributed by atoms with Crippen molar-refractivity contribution in [1.29, 1.82) is 0 Å². The zero-order valence-electron chi connectivity index (χ0n) is 9.84. The summed E-state index contributed by atoms with van der Waals surface area (Å²) in [6.07, 6.45) is 8.96. The highest BCUT2D eigenvalue weighted by atomic mass is 15.2. The predicted octanol–water partition coefficient (Wildman–Crippen LogP) is 1.43. The van der Waals surface area contributed by atoms with Crippen molar-refractivity contribution in [3.8, 4) is 0 Å². The third-order valence-corrected chi connectivity index (χ3v) is 3.52. The van der Waals surface area contributed by atoms with Crippen LogP contribution in [0.25, 0.3) is 0 Å². The molecule has 2 unspecified atom stereocenters. The van der Waals surface area contributed by atoms with E-state index in [0.29, 0.717) is 12.6 Å². The Morgan fingerprint density at radius 1 is 1.50 bits per heavy atom. The molecule has 1 aromatic rings. The van der Waals surface area contributed by atoms with Gasteiger partial charge in [-0.2, -0.15) is 0 Å². The molecule has 0 aliphatic carbocycles. The molecule has 0 saturated carbocycles. The van der Waals surface area contributed by atoms with E-state index in [1.165, 1.54) is 19.3 Å². The molecule has 1 saturated heterocycles. The molecular weight excluding hydrogens is 200 g/mol. The van der Waals surface area contributed by atoms with Gasteiger partial charge in [-0.05, 0) is 18.8 Å². The summed E-state index contributed by atoms with van der Waals surface area (Å²) in [6.45, 7) is 4.02. The molecule has 2 N–H and O–H groups in total. The van der Waals surface area contributed by atoms with E-state index in [1.807, 2.05) is 6.20 Å². The lowest BCUT2D eigenvalue weighted by atomic mass is 9.89. The van der Waals surface area contributed by atoms with Crippen molar-refractivity contribution < 1.29 is 0 Å². The van der Waals surface area contributed by atoms with Gasteiger partial charge in [0, 0.05) is 31.5 Å². The van der Waals surface area contributed by atoms with Crippen LogP contribution in [0.4, 0.5) is 5.82 Å². The Bertz CT molecular complexity index is 314. The minimum atomic E-state index is 0.426. The second-order valence-electron chi connectivity index (χ2n) is 4.45. The van der Waals surface area contributed by atoms with Crippen molar-refractivity contribution in [1.82, 2.24) is 9.97 Å². The van der Waals surface area contributed by atoms with Gasteiger partial charge in [-0.25, -0.2) is 4.98 Å². The first kappa shape index (κ1) is 11.3. The summed E-state index contributed by atoms with van der Waals surface area (Å²) in [6, 6.07) is 0.426. The van der Waals surface area contributed by atoms with Crippen molar-refractivity contribution in [2.75, 3.05) is 18.0 Å². The van der Waals surface area contributed by atoms with Gasteiger partial charge in [-0.3, -0.25) is 4.98 Å². The van der Waals surface area contributed by atoms with E-state index in [2.05, 4.69) is 21.8 Å². The van der Waals surface area contributed by atoms with Crippen LogP contribution in [0.1, 0.15) is 26.2 Å². The maximum absolute atomic E-state index is 5.86. The molecule has 4 heteroatoms. The largest absolute Gasteiger partial charge is 0.351 e. The van der Waals surface area contributed by atoms with E-state index in [-0.39, 0.29) is 0 Å². The fourth-order valence-electron chi connectivity index (χ4n) is 2.47. The van der Waals surface area contributed by atoms with E-state index >= 15 is 0 Å². The van der Waals surface area contributed by atoms with Gasteiger partial charge in [0.1, 0.15) is 5.82 Å². The van der Waals surface area contributed by atoms with Crippen molar-refractivity contribution in [3.63, 3.8) is 0 Å². The number of anilines is 1. The lowest BCUT2D eigenvalue weighted by Gasteiger charge is -2.39. The SMILES string of the molecule is CCC1CCN(c2cnccn2)C(CN)C1. The second-order valence-corrected chi connectivity index (χ2v) is 4.45. The maximum atomic E-state index is 5.86. The normalized spacial score (nSPS) is 25.8. The number of nitrogens with zero attached hydrogens (tertiary/aromatic N) is 3. The molecule has 1 aliphatic rings. The molecule has 0 bridgehead atoms. The van der Waals surface area contributed by atoms with Gasteiger partial charge in [0.05, 0.1) is 6.20 Å². The van der Waals surface area contributed by atoms with Crippen LogP contribution in [-0.4, -0.2) is 29.1 Å². The highest BCUT2D eigenvalue weighted by molar-refractivity contribution is 5.37. The van der Waals surface area contributed by atoms with E-state index in [9.17, 15) is 0 Å². The average molecular weight is 220 g/mol. The summed E-state index contributed by atoms with van der Waals surface area (Å²) in [4.78, 5) is 10.8. The highest BCUT2D eigenvalue weighted by Gasteiger charge is 2.27. The van der Waals surface area contributed by atoms with E-state index in [0.717, 1.165) is 18.3 Å². The Hall–Kier alpha value is -1.16. The van der Waals surface area contributed by atoms with E-state index in [1.54, 1.807) is 12.4 Å². The van der Waals surface area contributed by atoms with E-state index in [4.69, 9.17) is 5.73 Å². The average Bonchev–Trinajstić information content (AvgIpc) is 2.39. The van der Waals surface area contributed by atoms with Crippen LogP contribution in [0.15, 0.2) is 18.6 Å². The van der Waals surface area contributed by atoms with Gasteiger partial charge >= 0.3 is 0 Å². The highest BCUT2D eigenvalue weighted by Crippen LogP contribution is 2.27. The van der Waals surface area contributed by atoms with Gasteiger partial charge in [0.15, 0.2) is 0 Å². The van der Waals surface area contributed by atoms with Crippen LogP contribution in [0.5, 0.6) is 0 Å². The topological polar surface area (TPSA) is 55.0 Å². The van der Waals surface area contributed by atoms with Crippen LogP contribution in [0.3, 0.4) is 0 Å². The molecule has 0 amide bonds. The first-order valence-corrected chi connectivity index (χ1v) is 6.07. The first-order chi connectivity index (χ1) is 7.85. The summed E-state index contributed by atoms with van der Waals surface area (Å²) in [5.41, 5.74) is 5.86. The monoisotopic (exact) mass is 220 g/mol. The number of piperidine rings is 1. The lowest BCUT2D eigenvalue weighted by molar-refractivity contribution is 0.334. The minimum absolute atomic E-state index is 0.426. The van der Waals surface area contributed by atoms with Crippen molar-refractivity contribution >= 4 is 5.82 Å². The molecule has 1 fully saturated rings. The minimum Gasteiger partial charge on any atom is -0.351 e. The molecule has 2 heterocycles. The molecule has 1 aromatic heterocycles. The van der Waals surface area contributed by atoms with Crippen LogP contribution in [-0.2, 0) is 0 Å². The zero-order chi connectivity index (χ0) is 11.4. The van der Waals surface area contributed by atoms with Crippen molar-refractivity contribution in [2.24, 2.45) is 11.7 Å². The van der Waals surface area contributed by atoms with Crippen molar-refractivity contribution in [2.45, 2.75) is 32.2 Å². The Balaban J connectivity index is 2.10. The molecule has 4 nitrogen and oxygen atoms in total. The molecule has 88 valence electrons. The van der Waals surface area contributed by atoms with E-state index < -0.39 is 0 Å². The molecule has 0 radical (unpaired) electrons. The number of nitrogens with two attached hydrogens (primary N) is 1. The fraction of sp³-hybridized carbons (Fsp3) is 0.667. The molecule has 0 spiro atoms. The smallest absolute Gasteiger partial charge is 0.147 e. The van der Waals surface area contributed by atoms with Crippen molar-refractivity contribution in [3.05, 3.63) is 18.6 Å². The van der Waals surface area contributed by atoms with Gasteiger partial charge < -0.3 is 10.6 Å². The molecule has 1 aliphatic heterocycles. The second kappa shape index (κ2) is 5.25. The van der Waals surface area contributed by atoms with Gasteiger partial charge in [-0.15, -0.1) is 0 Å². The summed E-state index contributed by atoms with van der Waals surface area (Å²) >= 11 is 0. The van der Waals surface area contributed by atoms with Gasteiger partial charge in [0.2, 0.25) is 0 Å².